The summed E-state index contributed by atoms with van der Waals surface area (Å²) in [6.45, 7) is 0.662. The highest BCUT2D eigenvalue weighted by Crippen LogP contribution is 2.44. The normalized spacial score (nSPS) is 24.2. The average Bonchev–Trinajstić information content (AvgIpc) is 2.83. The molecule has 1 spiro atoms. The first kappa shape index (κ1) is 18.5. The Morgan fingerprint density at radius 1 is 1.25 bits per heavy atom. The van der Waals surface area contributed by atoms with Crippen molar-refractivity contribution < 1.29 is 14.3 Å². The lowest BCUT2D eigenvalue weighted by Crippen LogP contribution is -2.46. The molecule has 1 N–H and O–H groups in total. The second-order valence-corrected chi connectivity index (χ2v) is 7.71. The summed E-state index contributed by atoms with van der Waals surface area (Å²) in [5.41, 5.74) is 1.31. The molecule has 2 atom stereocenters. The molecule has 1 aromatic heterocycles. The van der Waals surface area contributed by atoms with Crippen LogP contribution in [0.15, 0.2) is 48.7 Å². The van der Waals surface area contributed by atoms with Crippen LogP contribution in [0.5, 0.6) is 5.75 Å². The molecular formula is C22H25N3O3. The lowest BCUT2D eigenvalue weighted by molar-refractivity contribution is -0.129. The third-order valence-electron chi connectivity index (χ3n) is 5.72. The second-order valence-electron chi connectivity index (χ2n) is 7.71. The quantitative estimate of drug-likeness (QED) is 0.890. The molecule has 1 saturated heterocycles. The average molecular weight is 379 g/mol. The van der Waals surface area contributed by atoms with Crippen molar-refractivity contribution in [1.29, 1.82) is 0 Å². The lowest BCUT2D eigenvalue weighted by Gasteiger charge is -2.42. The molecule has 2 unspecified atom stereocenters. The first-order chi connectivity index (χ1) is 13.5. The number of ether oxygens (including phenoxy) is 1. The standard InChI is InChI=1S/C22H25N3O3/c1-25-13-11-22(10-9-21(25)27)15-18(17-7-2-3-8-19(17)28-22)24-20(26)14-16-6-4-5-12-23-16/h2-8,12,18H,9-11,13-15H2,1H3,(H,24,26). The van der Waals surface area contributed by atoms with Gasteiger partial charge in [0.25, 0.3) is 0 Å². The summed E-state index contributed by atoms with van der Waals surface area (Å²) >= 11 is 0. The molecule has 2 aliphatic rings. The van der Waals surface area contributed by atoms with Crippen LogP contribution in [0.25, 0.3) is 0 Å². The summed E-state index contributed by atoms with van der Waals surface area (Å²) in [6.07, 6.45) is 4.49. The van der Waals surface area contributed by atoms with Crippen LogP contribution in [0.3, 0.4) is 0 Å². The van der Waals surface area contributed by atoms with Crippen LogP contribution in [0.4, 0.5) is 0 Å². The number of fused-ring (bicyclic) bond motifs is 1. The van der Waals surface area contributed by atoms with Crippen LogP contribution < -0.4 is 10.1 Å². The number of carbonyl (C=O) groups is 2. The van der Waals surface area contributed by atoms with Crippen LogP contribution in [0.2, 0.25) is 0 Å². The van der Waals surface area contributed by atoms with E-state index in [-0.39, 0.29) is 24.3 Å². The highest BCUT2D eigenvalue weighted by molar-refractivity contribution is 5.79. The number of amides is 2. The van der Waals surface area contributed by atoms with Gasteiger partial charge in [-0.05, 0) is 24.6 Å². The van der Waals surface area contributed by atoms with E-state index in [0.29, 0.717) is 25.8 Å². The fourth-order valence-electron chi connectivity index (χ4n) is 4.11. The third-order valence-corrected chi connectivity index (χ3v) is 5.72. The van der Waals surface area contributed by atoms with E-state index in [1.165, 1.54) is 0 Å². The predicted octanol–water partition coefficient (Wildman–Crippen LogP) is 2.65. The van der Waals surface area contributed by atoms with Gasteiger partial charge in [0.05, 0.1) is 12.5 Å². The van der Waals surface area contributed by atoms with Crippen molar-refractivity contribution >= 4 is 11.8 Å². The molecule has 0 bridgehead atoms. The van der Waals surface area contributed by atoms with Gasteiger partial charge >= 0.3 is 0 Å². The maximum atomic E-state index is 12.7. The maximum Gasteiger partial charge on any atom is 0.226 e. The topological polar surface area (TPSA) is 71.5 Å². The summed E-state index contributed by atoms with van der Waals surface area (Å²) in [7, 11) is 1.84. The number of benzene rings is 1. The van der Waals surface area contributed by atoms with E-state index >= 15 is 0 Å². The highest BCUT2D eigenvalue weighted by Gasteiger charge is 2.43. The van der Waals surface area contributed by atoms with Crippen molar-refractivity contribution in [1.82, 2.24) is 15.2 Å². The number of para-hydroxylation sites is 1. The van der Waals surface area contributed by atoms with Crippen LogP contribution >= 0.6 is 0 Å². The van der Waals surface area contributed by atoms with Crippen LogP contribution in [-0.4, -0.2) is 40.9 Å². The Balaban J connectivity index is 1.55. The molecule has 2 aliphatic heterocycles. The number of hydrogen-bond donors (Lipinski definition) is 1. The van der Waals surface area contributed by atoms with E-state index in [9.17, 15) is 9.59 Å². The molecule has 0 radical (unpaired) electrons. The minimum absolute atomic E-state index is 0.0580. The number of hydrogen-bond acceptors (Lipinski definition) is 4. The number of carbonyl (C=O) groups excluding carboxylic acids is 2. The molecule has 3 heterocycles. The monoisotopic (exact) mass is 379 g/mol. The van der Waals surface area contributed by atoms with E-state index in [1.54, 1.807) is 11.1 Å². The van der Waals surface area contributed by atoms with Gasteiger partial charge in [0.2, 0.25) is 11.8 Å². The molecule has 2 amide bonds. The molecule has 0 saturated carbocycles. The number of likely N-dealkylation sites (tertiary alicyclic amines) is 1. The van der Waals surface area contributed by atoms with Gasteiger partial charge in [0, 0.05) is 50.3 Å². The number of rotatable bonds is 3. The molecule has 6 nitrogen and oxygen atoms in total. The Morgan fingerprint density at radius 3 is 2.89 bits per heavy atom. The molecule has 1 fully saturated rings. The second kappa shape index (κ2) is 7.62. The fourth-order valence-corrected chi connectivity index (χ4v) is 4.11. The fraction of sp³-hybridized carbons (Fsp3) is 0.409. The summed E-state index contributed by atoms with van der Waals surface area (Å²) in [5, 5.41) is 3.18. The Hall–Kier alpha value is -2.89. The van der Waals surface area contributed by atoms with Crippen molar-refractivity contribution in [3.05, 3.63) is 59.9 Å². The molecule has 0 aliphatic carbocycles. The maximum absolute atomic E-state index is 12.7. The number of nitrogens with one attached hydrogen (secondary N) is 1. The van der Waals surface area contributed by atoms with Crippen molar-refractivity contribution in [2.75, 3.05) is 13.6 Å². The number of pyridine rings is 1. The van der Waals surface area contributed by atoms with E-state index in [1.807, 2.05) is 49.5 Å². The molecule has 4 rings (SSSR count). The van der Waals surface area contributed by atoms with E-state index in [2.05, 4.69) is 10.3 Å². The van der Waals surface area contributed by atoms with E-state index < -0.39 is 5.60 Å². The lowest BCUT2D eigenvalue weighted by atomic mass is 9.82. The predicted molar refractivity (Wildman–Crippen MR) is 105 cm³/mol. The SMILES string of the molecule is CN1CCC2(CCC1=O)CC(NC(=O)Cc1ccccn1)c1ccccc1O2. The van der Waals surface area contributed by atoms with E-state index in [4.69, 9.17) is 4.74 Å². The Labute approximate surface area is 164 Å². The minimum atomic E-state index is -0.433. The van der Waals surface area contributed by atoms with Crippen molar-refractivity contribution in [3.8, 4) is 5.75 Å². The van der Waals surface area contributed by atoms with Gasteiger partial charge in [0.15, 0.2) is 0 Å². The number of nitrogens with zero attached hydrogens (tertiary/aromatic N) is 2. The zero-order valence-electron chi connectivity index (χ0n) is 16.1. The Kier molecular flexibility index (Phi) is 5.03. The molecule has 146 valence electrons. The minimum Gasteiger partial charge on any atom is -0.487 e. The van der Waals surface area contributed by atoms with Gasteiger partial charge in [-0.1, -0.05) is 24.3 Å². The summed E-state index contributed by atoms with van der Waals surface area (Å²) in [6, 6.07) is 13.3. The highest BCUT2D eigenvalue weighted by atomic mass is 16.5. The van der Waals surface area contributed by atoms with Crippen LogP contribution in [-0.2, 0) is 16.0 Å². The van der Waals surface area contributed by atoms with Gasteiger partial charge in [0.1, 0.15) is 11.4 Å². The van der Waals surface area contributed by atoms with Gasteiger partial charge in [-0.2, -0.15) is 0 Å². The largest absolute Gasteiger partial charge is 0.487 e. The van der Waals surface area contributed by atoms with Crippen molar-refractivity contribution in [3.63, 3.8) is 0 Å². The van der Waals surface area contributed by atoms with Gasteiger partial charge in [-0.15, -0.1) is 0 Å². The Bertz CT molecular complexity index is 870. The van der Waals surface area contributed by atoms with E-state index in [0.717, 1.165) is 23.4 Å². The molecule has 28 heavy (non-hydrogen) atoms. The third kappa shape index (κ3) is 3.86. The van der Waals surface area contributed by atoms with Gasteiger partial charge in [-0.3, -0.25) is 14.6 Å². The smallest absolute Gasteiger partial charge is 0.226 e. The molecule has 1 aromatic carbocycles. The summed E-state index contributed by atoms with van der Waals surface area (Å²) in [4.78, 5) is 30.8. The first-order valence-corrected chi connectivity index (χ1v) is 9.76. The zero-order valence-corrected chi connectivity index (χ0v) is 16.1. The van der Waals surface area contributed by atoms with Gasteiger partial charge in [-0.25, -0.2) is 0 Å². The molecule has 6 heteroatoms. The zero-order chi connectivity index (χ0) is 19.6. The van der Waals surface area contributed by atoms with Crippen molar-refractivity contribution in [2.24, 2.45) is 0 Å². The summed E-state index contributed by atoms with van der Waals surface area (Å²) in [5.74, 6) is 0.890. The Morgan fingerprint density at radius 2 is 2.07 bits per heavy atom. The van der Waals surface area contributed by atoms with Crippen molar-refractivity contribution in [2.45, 2.75) is 43.7 Å². The molecule has 2 aromatic rings. The number of aromatic nitrogens is 1. The summed E-state index contributed by atoms with van der Waals surface area (Å²) < 4.78 is 6.42. The molecular weight excluding hydrogens is 354 g/mol. The van der Waals surface area contributed by atoms with Gasteiger partial charge < -0.3 is 15.0 Å². The van der Waals surface area contributed by atoms with Crippen LogP contribution in [0.1, 0.15) is 43.0 Å². The van der Waals surface area contributed by atoms with Crippen LogP contribution in [0, 0.1) is 0 Å². The first-order valence-electron chi connectivity index (χ1n) is 9.76.